The van der Waals surface area contributed by atoms with Crippen molar-refractivity contribution in [3.8, 4) is 5.75 Å². The molecule has 6 heteroatoms. The van der Waals surface area contributed by atoms with E-state index in [9.17, 15) is 9.59 Å². The first-order valence-electron chi connectivity index (χ1n) is 10.6. The number of rotatable bonds is 6. The lowest BCUT2D eigenvalue weighted by molar-refractivity contribution is -0.127. The highest BCUT2D eigenvalue weighted by molar-refractivity contribution is 6.01. The molecular formula is C24H29N3O3. The number of carbonyl (C=O) groups is 2. The predicted octanol–water partition coefficient (Wildman–Crippen LogP) is 2.83. The smallest absolute Gasteiger partial charge is 0.227 e. The summed E-state index contributed by atoms with van der Waals surface area (Å²) < 4.78 is 5.38. The molecule has 6 nitrogen and oxygen atoms in total. The van der Waals surface area contributed by atoms with Gasteiger partial charge in [0.05, 0.1) is 18.7 Å². The number of piperidine rings is 1. The SMILES string of the molecule is COc1ccccc1N1CC(C(=O)NC2CCN(Cc3ccccc3)CC2)CC1=O. The summed E-state index contributed by atoms with van der Waals surface area (Å²) >= 11 is 0. The van der Waals surface area contributed by atoms with E-state index in [1.165, 1.54) is 5.56 Å². The second-order valence-electron chi connectivity index (χ2n) is 8.12. The summed E-state index contributed by atoms with van der Waals surface area (Å²) in [5.74, 6) is 0.294. The topological polar surface area (TPSA) is 61.9 Å². The Morgan fingerprint density at radius 2 is 1.77 bits per heavy atom. The molecule has 0 saturated carbocycles. The molecule has 1 N–H and O–H groups in total. The van der Waals surface area contributed by atoms with Crippen LogP contribution in [0.15, 0.2) is 54.6 Å². The van der Waals surface area contributed by atoms with E-state index < -0.39 is 0 Å². The molecule has 4 rings (SSSR count). The van der Waals surface area contributed by atoms with Gasteiger partial charge in [-0.3, -0.25) is 14.5 Å². The number of amides is 2. The van der Waals surface area contributed by atoms with Gasteiger partial charge in [-0.15, -0.1) is 0 Å². The standard InChI is InChI=1S/C24H29N3O3/c1-30-22-10-6-5-9-21(22)27-17-19(15-23(27)28)24(29)25-20-11-13-26(14-12-20)16-18-7-3-2-4-8-18/h2-10,19-20H,11-17H2,1H3,(H,25,29). The van der Waals surface area contributed by atoms with Crippen molar-refractivity contribution in [1.29, 1.82) is 0 Å². The molecule has 1 unspecified atom stereocenters. The number of ether oxygens (including phenoxy) is 1. The van der Waals surface area contributed by atoms with Gasteiger partial charge in [0.2, 0.25) is 11.8 Å². The fourth-order valence-electron chi connectivity index (χ4n) is 4.36. The summed E-state index contributed by atoms with van der Waals surface area (Å²) in [4.78, 5) is 29.5. The molecule has 2 aromatic rings. The third-order valence-corrected chi connectivity index (χ3v) is 6.05. The largest absolute Gasteiger partial charge is 0.495 e. The lowest BCUT2D eigenvalue weighted by Gasteiger charge is -2.32. The average Bonchev–Trinajstić information content (AvgIpc) is 3.17. The van der Waals surface area contributed by atoms with Gasteiger partial charge in [0, 0.05) is 38.6 Å². The van der Waals surface area contributed by atoms with Crippen LogP contribution in [0, 0.1) is 5.92 Å². The molecule has 2 aromatic carbocycles. The third kappa shape index (κ3) is 4.65. The van der Waals surface area contributed by atoms with E-state index in [1.54, 1.807) is 12.0 Å². The minimum atomic E-state index is -0.315. The minimum Gasteiger partial charge on any atom is -0.495 e. The molecule has 2 aliphatic rings. The highest BCUT2D eigenvalue weighted by atomic mass is 16.5. The molecule has 1 atom stereocenters. The van der Waals surface area contributed by atoms with Crippen LogP contribution < -0.4 is 15.0 Å². The van der Waals surface area contributed by atoms with E-state index in [4.69, 9.17) is 4.74 Å². The number of carbonyl (C=O) groups excluding carboxylic acids is 2. The maximum atomic E-state index is 12.8. The van der Waals surface area contributed by atoms with Gasteiger partial charge in [0.15, 0.2) is 0 Å². The van der Waals surface area contributed by atoms with E-state index in [-0.39, 0.29) is 30.2 Å². The fraction of sp³-hybridized carbons (Fsp3) is 0.417. The van der Waals surface area contributed by atoms with Gasteiger partial charge < -0.3 is 15.0 Å². The summed E-state index contributed by atoms with van der Waals surface area (Å²) in [6.45, 7) is 3.29. The van der Waals surface area contributed by atoms with Crippen LogP contribution in [-0.2, 0) is 16.1 Å². The molecule has 0 bridgehead atoms. The van der Waals surface area contributed by atoms with Crippen LogP contribution in [0.4, 0.5) is 5.69 Å². The number of hydrogen-bond donors (Lipinski definition) is 1. The van der Waals surface area contributed by atoms with Crippen molar-refractivity contribution in [1.82, 2.24) is 10.2 Å². The Bertz CT molecular complexity index is 878. The Balaban J connectivity index is 1.28. The second kappa shape index (κ2) is 9.30. The highest BCUT2D eigenvalue weighted by Gasteiger charge is 2.37. The summed E-state index contributed by atoms with van der Waals surface area (Å²) in [5.41, 5.74) is 2.05. The maximum absolute atomic E-state index is 12.8. The molecule has 2 heterocycles. The van der Waals surface area contributed by atoms with Crippen molar-refractivity contribution < 1.29 is 14.3 Å². The molecular weight excluding hydrogens is 378 g/mol. The van der Waals surface area contributed by atoms with Gasteiger partial charge in [0.25, 0.3) is 0 Å². The molecule has 0 aliphatic carbocycles. The molecule has 0 aromatic heterocycles. The zero-order valence-electron chi connectivity index (χ0n) is 17.4. The van der Waals surface area contributed by atoms with Crippen molar-refractivity contribution in [3.05, 3.63) is 60.2 Å². The van der Waals surface area contributed by atoms with Crippen LogP contribution in [0.25, 0.3) is 0 Å². The number of anilines is 1. The number of nitrogens with zero attached hydrogens (tertiary/aromatic N) is 2. The van der Waals surface area contributed by atoms with Gasteiger partial charge in [-0.25, -0.2) is 0 Å². The fourth-order valence-corrected chi connectivity index (χ4v) is 4.36. The van der Waals surface area contributed by atoms with E-state index in [0.29, 0.717) is 12.3 Å². The molecule has 0 spiro atoms. The van der Waals surface area contributed by atoms with Gasteiger partial charge >= 0.3 is 0 Å². The van der Waals surface area contributed by atoms with E-state index in [1.807, 2.05) is 30.3 Å². The van der Waals surface area contributed by atoms with Crippen LogP contribution in [0.2, 0.25) is 0 Å². The van der Waals surface area contributed by atoms with E-state index >= 15 is 0 Å². The molecule has 2 aliphatic heterocycles. The first-order chi connectivity index (χ1) is 14.6. The first kappa shape index (κ1) is 20.4. The predicted molar refractivity (Wildman–Crippen MR) is 116 cm³/mol. The third-order valence-electron chi connectivity index (χ3n) is 6.05. The summed E-state index contributed by atoms with van der Waals surface area (Å²) in [6.07, 6.45) is 2.13. The van der Waals surface area contributed by atoms with Crippen LogP contribution >= 0.6 is 0 Å². The monoisotopic (exact) mass is 407 g/mol. The van der Waals surface area contributed by atoms with Crippen LogP contribution in [0.5, 0.6) is 5.75 Å². The van der Waals surface area contributed by atoms with Crippen molar-refractivity contribution in [2.75, 3.05) is 31.6 Å². The van der Waals surface area contributed by atoms with Crippen LogP contribution in [-0.4, -0.2) is 49.5 Å². The molecule has 2 amide bonds. The Kier molecular flexibility index (Phi) is 6.33. The summed E-state index contributed by atoms with van der Waals surface area (Å²) in [5, 5.41) is 3.19. The van der Waals surface area contributed by atoms with Gasteiger partial charge in [-0.2, -0.15) is 0 Å². The number of para-hydroxylation sites is 2. The number of nitrogens with one attached hydrogen (secondary N) is 1. The molecule has 158 valence electrons. The van der Waals surface area contributed by atoms with Crippen molar-refractivity contribution in [2.45, 2.75) is 31.8 Å². The molecule has 30 heavy (non-hydrogen) atoms. The van der Waals surface area contributed by atoms with Gasteiger partial charge in [-0.1, -0.05) is 42.5 Å². The quantitative estimate of drug-likeness (QED) is 0.800. The van der Waals surface area contributed by atoms with E-state index in [0.717, 1.165) is 38.2 Å². The number of hydrogen-bond acceptors (Lipinski definition) is 4. The van der Waals surface area contributed by atoms with Crippen LogP contribution in [0.1, 0.15) is 24.8 Å². The lowest BCUT2D eigenvalue weighted by atomic mass is 10.0. The van der Waals surface area contributed by atoms with Crippen molar-refractivity contribution in [3.63, 3.8) is 0 Å². The van der Waals surface area contributed by atoms with Gasteiger partial charge in [0.1, 0.15) is 5.75 Å². The Hall–Kier alpha value is -2.86. The van der Waals surface area contributed by atoms with Crippen molar-refractivity contribution in [2.24, 2.45) is 5.92 Å². The first-order valence-corrected chi connectivity index (χ1v) is 10.6. The number of methoxy groups -OCH3 is 1. The zero-order valence-corrected chi connectivity index (χ0v) is 17.4. The number of benzene rings is 2. The Morgan fingerprint density at radius 1 is 1.07 bits per heavy atom. The maximum Gasteiger partial charge on any atom is 0.227 e. The molecule has 2 saturated heterocycles. The summed E-state index contributed by atoms with van der Waals surface area (Å²) in [7, 11) is 1.59. The zero-order chi connectivity index (χ0) is 20.9. The second-order valence-corrected chi connectivity index (χ2v) is 8.12. The summed E-state index contributed by atoms with van der Waals surface area (Å²) in [6, 6.07) is 18.1. The highest BCUT2D eigenvalue weighted by Crippen LogP contribution is 2.32. The Morgan fingerprint density at radius 3 is 2.50 bits per heavy atom. The lowest BCUT2D eigenvalue weighted by Crippen LogP contribution is -2.46. The van der Waals surface area contributed by atoms with Crippen LogP contribution in [0.3, 0.4) is 0 Å². The molecule has 2 fully saturated rings. The van der Waals surface area contributed by atoms with Crippen molar-refractivity contribution >= 4 is 17.5 Å². The Labute approximate surface area is 177 Å². The molecule has 0 radical (unpaired) electrons. The van der Waals surface area contributed by atoms with E-state index in [2.05, 4.69) is 34.5 Å². The minimum absolute atomic E-state index is 0.0118. The van der Waals surface area contributed by atoms with Gasteiger partial charge in [-0.05, 0) is 30.5 Å². The number of likely N-dealkylation sites (tertiary alicyclic amines) is 1. The average molecular weight is 408 g/mol. The normalized spacial score (nSPS) is 20.4.